The molecule has 1 saturated carbocycles. The fourth-order valence-electron chi connectivity index (χ4n) is 3.30. The Morgan fingerprint density at radius 1 is 0.840 bits per heavy atom. The normalized spacial score (nSPS) is 16.6. The molecule has 0 spiro atoms. The lowest BCUT2D eigenvalue weighted by Crippen LogP contribution is -2.12. The summed E-state index contributed by atoms with van der Waals surface area (Å²) in [5.41, 5.74) is -0.502. The van der Waals surface area contributed by atoms with Gasteiger partial charge in [0.1, 0.15) is 0 Å². The van der Waals surface area contributed by atoms with E-state index in [9.17, 15) is 4.57 Å². The van der Waals surface area contributed by atoms with Crippen molar-refractivity contribution in [3.8, 4) is 0 Å². The van der Waals surface area contributed by atoms with Gasteiger partial charge in [-0.2, -0.15) is 0 Å². The minimum Gasteiger partial charge on any atom is -0.303 e. The first kappa shape index (κ1) is 22.9. The summed E-state index contributed by atoms with van der Waals surface area (Å²) in [6.45, 7) is 2.26. The maximum atomic E-state index is 10.9. The van der Waals surface area contributed by atoms with Gasteiger partial charge in [-0.3, -0.25) is 4.52 Å². The molecule has 1 aliphatic rings. The third kappa shape index (κ3) is 13.7. The molecule has 0 bridgehead atoms. The van der Waals surface area contributed by atoms with Crippen molar-refractivity contribution < 1.29 is 18.9 Å². The average Bonchev–Trinajstić information content (AvgIpc) is 3.28. The minimum absolute atomic E-state index is 0.502. The van der Waals surface area contributed by atoms with E-state index >= 15 is 0 Å². The van der Waals surface area contributed by atoms with Gasteiger partial charge in [-0.1, -0.05) is 76.9 Å². The SMILES string of the molecule is CCCCCCCC/C=C\CCCCCCCC1(OP(=O)(O)O)CC1. The van der Waals surface area contributed by atoms with Crippen LogP contribution >= 0.6 is 7.82 Å². The van der Waals surface area contributed by atoms with Crippen LogP contribution in [0.2, 0.25) is 0 Å². The van der Waals surface area contributed by atoms with Crippen molar-refractivity contribution in [3.05, 3.63) is 12.2 Å². The van der Waals surface area contributed by atoms with Gasteiger partial charge in [-0.25, -0.2) is 4.57 Å². The molecule has 148 valence electrons. The van der Waals surface area contributed by atoms with Crippen LogP contribution in [-0.4, -0.2) is 15.4 Å². The first-order chi connectivity index (χ1) is 12.0. The van der Waals surface area contributed by atoms with E-state index in [0.29, 0.717) is 0 Å². The molecule has 0 aliphatic heterocycles. The van der Waals surface area contributed by atoms with Gasteiger partial charge in [0.2, 0.25) is 0 Å². The standard InChI is InChI=1S/C20H39O4P/c1-2-3-4-5-6-7-8-9-10-11-12-13-14-15-16-17-20(18-19-20)24-25(21,22)23/h9-10H,2-8,11-19H2,1H3,(H2,21,22,23)/b10-9-. The zero-order chi connectivity index (χ0) is 18.4. The maximum Gasteiger partial charge on any atom is 0.470 e. The number of hydrogen-bond acceptors (Lipinski definition) is 2. The maximum absolute atomic E-state index is 10.9. The lowest BCUT2D eigenvalue weighted by molar-refractivity contribution is 0.106. The van der Waals surface area contributed by atoms with E-state index in [1.54, 1.807) is 0 Å². The van der Waals surface area contributed by atoms with Crippen LogP contribution in [0.5, 0.6) is 0 Å². The van der Waals surface area contributed by atoms with Gasteiger partial charge in [-0.05, 0) is 44.9 Å². The second-order valence-electron chi connectivity index (χ2n) is 7.60. The van der Waals surface area contributed by atoms with Gasteiger partial charge in [0.15, 0.2) is 0 Å². The third-order valence-corrected chi connectivity index (χ3v) is 5.64. The predicted molar refractivity (Wildman–Crippen MR) is 105 cm³/mol. The van der Waals surface area contributed by atoms with Crippen LogP contribution in [0.3, 0.4) is 0 Å². The lowest BCUT2D eigenvalue weighted by Gasteiger charge is -2.16. The summed E-state index contributed by atoms with van der Waals surface area (Å²) in [6, 6.07) is 0. The fourth-order valence-corrected chi connectivity index (χ4v) is 4.07. The number of unbranched alkanes of at least 4 members (excludes halogenated alkanes) is 11. The average molecular weight is 375 g/mol. The molecule has 25 heavy (non-hydrogen) atoms. The summed E-state index contributed by atoms with van der Waals surface area (Å²) in [6.07, 6.45) is 23.5. The van der Waals surface area contributed by atoms with Gasteiger partial charge in [-0.15, -0.1) is 0 Å². The van der Waals surface area contributed by atoms with Crippen molar-refractivity contribution in [2.45, 2.75) is 115 Å². The van der Waals surface area contributed by atoms with Crippen LogP contribution in [0.1, 0.15) is 110 Å². The Bertz CT molecular complexity index is 399. The topological polar surface area (TPSA) is 66.8 Å². The summed E-state index contributed by atoms with van der Waals surface area (Å²) < 4.78 is 15.8. The van der Waals surface area contributed by atoms with E-state index in [4.69, 9.17) is 14.3 Å². The van der Waals surface area contributed by atoms with Crippen LogP contribution in [0.15, 0.2) is 12.2 Å². The van der Waals surface area contributed by atoms with Gasteiger partial charge in [0.05, 0.1) is 5.60 Å². The van der Waals surface area contributed by atoms with Crippen LogP contribution < -0.4 is 0 Å². The number of allylic oxidation sites excluding steroid dienone is 2. The van der Waals surface area contributed by atoms with Crippen LogP contribution in [0.25, 0.3) is 0 Å². The van der Waals surface area contributed by atoms with Crippen molar-refractivity contribution >= 4 is 7.82 Å². The zero-order valence-corrected chi connectivity index (χ0v) is 17.0. The van der Waals surface area contributed by atoms with Crippen molar-refractivity contribution in [1.82, 2.24) is 0 Å². The Morgan fingerprint density at radius 2 is 1.32 bits per heavy atom. The highest BCUT2D eigenvalue weighted by atomic mass is 31.2. The van der Waals surface area contributed by atoms with Gasteiger partial charge in [0, 0.05) is 0 Å². The van der Waals surface area contributed by atoms with Crippen LogP contribution in [0.4, 0.5) is 0 Å². The van der Waals surface area contributed by atoms with E-state index < -0.39 is 13.4 Å². The van der Waals surface area contributed by atoms with E-state index in [0.717, 1.165) is 32.1 Å². The summed E-state index contributed by atoms with van der Waals surface area (Å²) >= 11 is 0. The first-order valence-corrected chi connectivity index (χ1v) is 11.9. The van der Waals surface area contributed by atoms with Gasteiger partial charge in [0.25, 0.3) is 0 Å². The summed E-state index contributed by atoms with van der Waals surface area (Å²) in [4.78, 5) is 17.8. The largest absolute Gasteiger partial charge is 0.470 e. The Morgan fingerprint density at radius 3 is 1.80 bits per heavy atom. The molecule has 2 N–H and O–H groups in total. The van der Waals surface area contributed by atoms with Gasteiger partial charge < -0.3 is 9.79 Å². The van der Waals surface area contributed by atoms with Crippen molar-refractivity contribution in [1.29, 1.82) is 0 Å². The number of phosphoric acid groups is 1. The molecule has 0 unspecified atom stereocenters. The van der Waals surface area contributed by atoms with E-state index in [1.807, 2.05) is 0 Å². The third-order valence-electron chi connectivity index (χ3n) is 5.01. The first-order valence-electron chi connectivity index (χ1n) is 10.4. The van der Waals surface area contributed by atoms with E-state index in [1.165, 1.54) is 70.6 Å². The Kier molecular flexibility index (Phi) is 12.0. The number of hydrogen-bond donors (Lipinski definition) is 2. The summed E-state index contributed by atoms with van der Waals surface area (Å²) in [5.74, 6) is 0. The van der Waals surface area contributed by atoms with Gasteiger partial charge >= 0.3 is 7.82 Å². The molecule has 1 aliphatic carbocycles. The molecule has 0 heterocycles. The van der Waals surface area contributed by atoms with E-state index in [2.05, 4.69) is 19.1 Å². The van der Waals surface area contributed by atoms with Crippen molar-refractivity contribution in [3.63, 3.8) is 0 Å². The fraction of sp³-hybridized carbons (Fsp3) is 0.900. The smallest absolute Gasteiger partial charge is 0.303 e. The molecule has 5 heteroatoms. The zero-order valence-electron chi connectivity index (χ0n) is 16.1. The molecule has 1 fully saturated rings. The Balaban J connectivity index is 1.83. The van der Waals surface area contributed by atoms with Crippen molar-refractivity contribution in [2.75, 3.05) is 0 Å². The highest BCUT2D eigenvalue weighted by Crippen LogP contribution is 2.54. The molecule has 0 saturated heterocycles. The molecule has 0 aromatic carbocycles. The van der Waals surface area contributed by atoms with Crippen LogP contribution in [0, 0.1) is 0 Å². The monoisotopic (exact) mass is 374 g/mol. The second-order valence-corrected chi connectivity index (χ2v) is 8.76. The predicted octanol–water partition coefficient (Wildman–Crippen LogP) is 6.67. The Hall–Kier alpha value is -0.150. The number of phosphoric ester groups is 1. The minimum atomic E-state index is -4.32. The summed E-state index contributed by atoms with van der Waals surface area (Å²) in [7, 11) is -4.32. The quantitative estimate of drug-likeness (QED) is 0.170. The molecule has 1 rings (SSSR count). The molecule has 0 radical (unpaired) electrons. The molecule has 0 amide bonds. The number of rotatable bonds is 17. The molecule has 0 aromatic heterocycles. The Labute approximate surface area is 154 Å². The molecular formula is C20H39O4P. The summed E-state index contributed by atoms with van der Waals surface area (Å²) in [5, 5.41) is 0. The lowest BCUT2D eigenvalue weighted by atomic mass is 10.1. The highest BCUT2D eigenvalue weighted by Gasteiger charge is 2.47. The molecule has 0 aromatic rings. The molecular weight excluding hydrogens is 335 g/mol. The molecule has 4 nitrogen and oxygen atoms in total. The van der Waals surface area contributed by atoms with Crippen molar-refractivity contribution in [2.24, 2.45) is 0 Å². The second kappa shape index (κ2) is 13.1. The van der Waals surface area contributed by atoms with Crippen LogP contribution in [-0.2, 0) is 9.09 Å². The highest BCUT2D eigenvalue weighted by molar-refractivity contribution is 7.46. The molecule has 0 atom stereocenters. The van der Waals surface area contributed by atoms with E-state index in [-0.39, 0.29) is 0 Å².